The average molecular weight is 1280 g/mol. The Bertz CT molecular complexity index is 3410. The SMILES string of the molecule is C=CC(=O)Nc1ccccc1CN(C(=O)Nc1cccc(C)c1)C1CCN(C(C)CCC)CC1.CCCC(C)N1CCC(N(Cc2ccccc2)C(=O)Nc2ccc3ncsc3c2)CC1.CCCCN1CCC(N(Cc2ccccc2)C(=O)Nc2cccc(C)c2)CC1. The van der Waals surface area contributed by atoms with Crippen molar-refractivity contribution in [3.63, 3.8) is 0 Å². The van der Waals surface area contributed by atoms with E-state index in [0.717, 1.165) is 127 Å². The summed E-state index contributed by atoms with van der Waals surface area (Å²) in [5.74, 6) is -0.263. The van der Waals surface area contributed by atoms with Gasteiger partial charge in [0.15, 0.2) is 0 Å². The van der Waals surface area contributed by atoms with E-state index < -0.39 is 0 Å². The maximum atomic E-state index is 13.5. The number of hydrogen-bond donors (Lipinski definition) is 4. The van der Waals surface area contributed by atoms with E-state index in [4.69, 9.17) is 0 Å². The number of carbonyl (C=O) groups excluding carboxylic acids is 4. The molecular weight excluding hydrogens is 1170 g/mol. The van der Waals surface area contributed by atoms with Crippen LogP contribution in [0.3, 0.4) is 0 Å². The summed E-state index contributed by atoms with van der Waals surface area (Å²) in [5, 5.41) is 12.2. The van der Waals surface area contributed by atoms with Crippen molar-refractivity contribution >= 4 is 68.3 Å². The highest BCUT2D eigenvalue weighted by atomic mass is 32.1. The molecule has 0 radical (unpaired) electrons. The van der Waals surface area contributed by atoms with Crippen LogP contribution in [0.15, 0.2) is 170 Å². The van der Waals surface area contributed by atoms with E-state index in [2.05, 4.69) is 106 Å². The van der Waals surface area contributed by atoms with Crippen LogP contribution in [0.1, 0.15) is 139 Å². The van der Waals surface area contributed by atoms with Crippen LogP contribution < -0.4 is 21.3 Å². The molecular formula is C77H103N11O4S. The Labute approximate surface area is 559 Å². The number of urea groups is 3. The number of carbonyl (C=O) groups is 4. The molecule has 0 bridgehead atoms. The highest BCUT2D eigenvalue weighted by Gasteiger charge is 2.33. The molecule has 2 unspecified atom stereocenters. The Morgan fingerprint density at radius 3 is 1.45 bits per heavy atom. The van der Waals surface area contributed by atoms with Crippen LogP contribution in [0.2, 0.25) is 0 Å². The second kappa shape index (κ2) is 37.1. The number of nitrogens with one attached hydrogen (secondary N) is 4. The minimum atomic E-state index is -0.263. The molecule has 2 atom stereocenters. The van der Waals surface area contributed by atoms with Crippen LogP contribution in [-0.2, 0) is 24.4 Å². The van der Waals surface area contributed by atoms with Crippen LogP contribution in [0.4, 0.5) is 37.1 Å². The molecule has 10 rings (SSSR count). The van der Waals surface area contributed by atoms with E-state index in [0.29, 0.717) is 37.4 Å². The Kier molecular flexibility index (Phi) is 28.3. The van der Waals surface area contributed by atoms with Crippen molar-refractivity contribution in [2.45, 2.75) is 175 Å². The van der Waals surface area contributed by atoms with Crippen LogP contribution >= 0.6 is 11.3 Å². The summed E-state index contributed by atoms with van der Waals surface area (Å²) in [6.07, 6.45) is 14.5. The van der Waals surface area contributed by atoms with Crippen molar-refractivity contribution in [3.8, 4) is 0 Å². The third-order valence-corrected chi connectivity index (χ3v) is 19.3. The number of nitrogens with zero attached hydrogens (tertiary/aromatic N) is 7. The van der Waals surface area contributed by atoms with E-state index in [1.807, 2.05) is 161 Å². The van der Waals surface area contributed by atoms with Crippen molar-refractivity contribution in [1.29, 1.82) is 0 Å². The Morgan fingerprint density at radius 1 is 0.538 bits per heavy atom. The number of anilines is 4. The molecule has 3 aliphatic heterocycles. The van der Waals surface area contributed by atoms with Crippen molar-refractivity contribution in [3.05, 3.63) is 198 Å². The van der Waals surface area contributed by atoms with Gasteiger partial charge in [-0.05, 0) is 174 Å². The summed E-state index contributed by atoms with van der Waals surface area (Å²) < 4.78 is 1.09. The topological polar surface area (TPSA) is 149 Å². The lowest BCUT2D eigenvalue weighted by Gasteiger charge is -2.41. The average Bonchev–Trinajstić information content (AvgIpc) is 1.73. The van der Waals surface area contributed by atoms with Gasteiger partial charge in [-0.25, -0.2) is 19.4 Å². The minimum Gasteiger partial charge on any atom is -0.322 e. The highest BCUT2D eigenvalue weighted by Crippen LogP contribution is 2.29. The highest BCUT2D eigenvalue weighted by molar-refractivity contribution is 7.16. The van der Waals surface area contributed by atoms with Crippen LogP contribution in [0.25, 0.3) is 10.2 Å². The Balaban J connectivity index is 0.000000180. The van der Waals surface area contributed by atoms with Crippen molar-refractivity contribution in [1.82, 2.24) is 34.4 Å². The number of para-hydroxylation sites is 1. The Morgan fingerprint density at radius 2 is 0.989 bits per heavy atom. The first-order valence-corrected chi connectivity index (χ1v) is 35.1. The lowest BCUT2D eigenvalue weighted by Crippen LogP contribution is -2.50. The maximum Gasteiger partial charge on any atom is 0.322 e. The summed E-state index contributed by atoms with van der Waals surface area (Å²) in [5.41, 5.74) is 11.5. The lowest BCUT2D eigenvalue weighted by molar-refractivity contribution is -0.111. The molecule has 7 aromatic rings. The molecule has 6 aromatic carbocycles. The van der Waals surface area contributed by atoms with Gasteiger partial charge in [-0.2, -0.15) is 0 Å². The van der Waals surface area contributed by atoms with E-state index in [-0.39, 0.29) is 42.1 Å². The molecule has 3 fully saturated rings. The molecule has 4 heterocycles. The number of rotatable bonds is 23. The zero-order valence-electron chi connectivity index (χ0n) is 56.4. The van der Waals surface area contributed by atoms with Crippen molar-refractivity contribution < 1.29 is 19.2 Å². The third-order valence-electron chi connectivity index (χ3n) is 18.5. The zero-order chi connectivity index (χ0) is 65.9. The van der Waals surface area contributed by atoms with Crippen molar-refractivity contribution in [2.75, 3.05) is 67.1 Å². The van der Waals surface area contributed by atoms with Gasteiger partial charge in [-0.3, -0.25) is 4.79 Å². The standard InChI is InChI=1S/C28H38N4O2.C25H32N4OS.C24H33N3O/c1-5-10-22(4)31-17-15-25(16-18-31)32(28(34)29-24-13-9-11-21(3)19-24)20-23-12-7-8-14-26(23)30-27(33)6-2;1-3-7-19(2)28-14-12-22(13-15-28)29(17-20-8-5-4-6-9-20)25(30)27-21-10-11-23-24(16-21)31-18-26-23;1-3-4-15-26-16-13-23(14-17-26)27(19-21-10-6-5-7-11-21)24(28)25-22-12-8-9-20(2)18-22/h6-9,11-14,19,22,25H,2,5,10,15-18,20H2,1,3-4H3,(H,29,34)(H,30,33);4-6,8-11,16,18-19,22H,3,7,12-15,17H2,1-2H3,(H,27,30);5-12,18,23H,3-4,13-17,19H2,1-2H3,(H,25,28). The quantitative estimate of drug-likeness (QED) is 0.0463. The van der Waals surface area contributed by atoms with E-state index >= 15 is 0 Å². The lowest BCUT2D eigenvalue weighted by atomic mass is 9.99. The van der Waals surface area contributed by atoms with Crippen LogP contribution in [-0.4, -0.2) is 134 Å². The fraction of sp³-hybridized carbons (Fsp3) is 0.442. The van der Waals surface area contributed by atoms with Gasteiger partial charge in [0.25, 0.3) is 0 Å². The van der Waals surface area contributed by atoms with Gasteiger partial charge in [0.1, 0.15) is 0 Å². The van der Waals surface area contributed by atoms with Gasteiger partial charge in [-0.1, -0.05) is 150 Å². The monoisotopic (exact) mass is 1280 g/mol. The molecule has 0 saturated carbocycles. The minimum absolute atomic E-state index is 0.00135. The number of amides is 7. The number of aryl methyl sites for hydroxylation is 2. The predicted octanol–water partition coefficient (Wildman–Crippen LogP) is 17.1. The van der Waals surface area contributed by atoms with Crippen LogP contribution in [0.5, 0.6) is 0 Å². The summed E-state index contributed by atoms with van der Waals surface area (Å²) in [6, 6.07) is 51.7. The number of likely N-dealkylation sites (tertiary alicyclic amines) is 3. The molecule has 1 aromatic heterocycles. The largest absolute Gasteiger partial charge is 0.322 e. The molecule has 15 nitrogen and oxygen atoms in total. The van der Waals surface area contributed by atoms with E-state index in [1.165, 1.54) is 56.7 Å². The number of unbranched alkanes of at least 4 members (excludes halogenated alkanes) is 1. The molecule has 0 aliphatic carbocycles. The molecule has 496 valence electrons. The second-order valence-corrected chi connectivity index (χ2v) is 26.4. The number of thiazole rings is 1. The number of piperidine rings is 3. The summed E-state index contributed by atoms with van der Waals surface area (Å²) >= 11 is 1.59. The van der Waals surface area contributed by atoms with Gasteiger partial charge < -0.3 is 50.7 Å². The second-order valence-electron chi connectivity index (χ2n) is 25.5. The summed E-state index contributed by atoms with van der Waals surface area (Å²) in [7, 11) is 0. The first kappa shape index (κ1) is 71.0. The van der Waals surface area contributed by atoms with Gasteiger partial charge >= 0.3 is 18.1 Å². The summed E-state index contributed by atoms with van der Waals surface area (Å²) in [6.45, 7) is 28.0. The first-order valence-electron chi connectivity index (χ1n) is 34.2. The maximum absolute atomic E-state index is 13.5. The van der Waals surface area contributed by atoms with Gasteiger partial charge in [0.2, 0.25) is 5.91 Å². The Hall–Kier alpha value is -7.89. The smallest absolute Gasteiger partial charge is 0.322 e. The number of fused-ring (bicyclic) bond motifs is 1. The number of hydrogen-bond acceptors (Lipinski definition) is 9. The molecule has 7 amide bonds. The molecule has 3 aliphatic rings. The molecule has 4 N–H and O–H groups in total. The zero-order valence-corrected chi connectivity index (χ0v) is 57.2. The fourth-order valence-electron chi connectivity index (χ4n) is 13.1. The fourth-order valence-corrected chi connectivity index (χ4v) is 13.8. The molecule has 93 heavy (non-hydrogen) atoms. The van der Waals surface area contributed by atoms with Gasteiger partial charge in [0.05, 0.1) is 15.7 Å². The molecule has 0 spiro atoms. The van der Waals surface area contributed by atoms with E-state index in [1.54, 1.807) is 11.3 Å². The van der Waals surface area contributed by atoms with E-state index in [9.17, 15) is 19.2 Å². The first-order chi connectivity index (χ1) is 45.2. The van der Waals surface area contributed by atoms with Gasteiger partial charge in [0, 0.05) is 112 Å². The number of benzene rings is 6. The summed E-state index contributed by atoms with van der Waals surface area (Å²) in [4.78, 5) is 70.1. The normalized spacial score (nSPS) is 15.7. The third kappa shape index (κ3) is 22.1. The number of aromatic nitrogens is 1. The van der Waals surface area contributed by atoms with Crippen LogP contribution in [0, 0.1) is 13.8 Å². The predicted molar refractivity (Wildman–Crippen MR) is 386 cm³/mol. The molecule has 16 heteroatoms. The molecule has 3 saturated heterocycles. The van der Waals surface area contributed by atoms with Gasteiger partial charge in [-0.15, -0.1) is 11.3 Å². The van der Waals surface area contributed by atoms with Crippen molar-refractivity contribution in [2.24, 2.45) is 0 Å².